The number of rotatable bonds is 3. The lowest BCUT2D eigenvalue weighted by atomic mass is 10.2. The van der Waals surface area contributed by atoms with Crippen molar-refractivity contribution in [3.8, 4) is 17.3 Å². The number of hydrogen-bond donors (Lipinski definition) is 0. The van der Waals surface area contributed by atoms with Crippen LogP contribution in [0.1, 0.15) is 0 Å². The lowest BCUT2D eigenvalue weighted by molar-refractivity contribution is 1.11. The van der Waals surface area contributed by atoms with Gasteiger partial charge in [-0.3, -0.25) is 4.40 Å². The van der Waals surface area contributed by atoms with Gasteiger partial charge in [0, 0.05) is 5.56 Å². The fourth-order valence-electron chi connectivity index (χ4n) is 2.62. The molecule has 2 aromatic carbocycles. The summed E-state index contributed by atoms with van der Waals surface area (Å²) in [5.74, 6) is 1.05. The summed E-state index contributed by atoms with van der Waals surface area (Å²) in [6.45, 7) is 0. The minimum absolute atomic E-state index is 0.374. The summed E-state index contributed by atoms with van der Waals surface area (Å²) in [4.78, 5) is 9.34. The van der Waals surface area contributed by atoms with Gasteiger partial charge in [0.2, 0.25) is 5.78 Å². The maximum atomic E-state index is 8.99. The first-order valence-corrected chi connectivity index (χ1v) is 8.19. The van der Waals surface area contributed by atoms with Crippen molar-refractivity contribution in [1.82, 2.24) is 14.4 Å². The first kappa shape index (κ1) is 13.8. The first-order chi connectivity index (χ1) is 11.4. The van der Waals surface area contributed by atoms with Crippen molar-refractivity contribution >= 4 is 28.6 Å². The van der Waals surface area contributed by atoms with E-state index in [2.05, 4.69) is 11.1 Å². The van der Waals surface area contributed by atoms with E-state index in [-0.39, 0.29) is 0 Å². The second-order valence-corrected chi connectivity index (χ2v) is 5.97. The van der Waals surface area contributed by atoms with Gasteiger partial charge in [0.05, 0.1) is 22.9 Å². The summed E-state index contributed by atoms with van der Waals surface area (Å²) in [5.41, 5.74) is 3.81. The summed E-state index contributed by atoms with van der Waals surface area (Å²) in [6.07, 6.45) is 0. The van der Waals surface area contributed by atoms with Gasteiger partial charge < -0.3 is 0 Å². The van der Waals surface area contributed by atoms with Gasteiger partial charge in [0.25, 0.3) is 0 Å². The Morgan fingerprint density at radius 3 is 2.48 bits per heavy atom. The normalized spacial score (nSPS) is 10.9. The van der Waals surface area contributed by atoms with Crippen molar-refractivity contribution < 1.29 is 0 Å². The molecule has 5 heteroatoms. The molecule has 110 valence electrons. The predicted octanol–water partition coefficient (Wildman–Crippen LogP) is 4.17. The van der Waals surface area contributed by atoms with Gasteiger partial charge in [-0.05, 0) is 12.1 Å². The van der Waals surface area contributed by atoms with E-state index in [0.717, 1.165) is 27.3 Å². The van der Waals surface area contributed by atoms with Gasteiger partial charge >= 0.3 is 0 Å². The van der Waals surface area contributed by atoms with Gasteiger partial charge in [0.1, 0.15) is 10.7 Å². The van der Waals surface area contributed by atoms with Crippen LogP contribution in [0.5, 0.6) is 0 Å². The van der Waals surface area contributed by atoms with E-state index in [1.54, 1.807) is 0 Å². The standard InChI is InChI=1S/C18H12N4S/c19-11-12-23-17-16(13-7-3-1-4-8-13)21-18-20-14-9-5-2-6-10-15(14)22(17)18/h1-10H,12H2. The number of hydrogen-bond acceptors (Lipinski definition) is 4. The molecule has 0 radical (unpaired) electrons. The molecule has 0 saturated heterocycles. The zero-order chi connectivity index (χ0) is 15.6. The third-order valence-corrected chi connectivity index (χ3v) is 4.52. The molecule has 0 bridgehead atoms. The molecule has 0 aliphatic rings. The lowest BCUT2D eigenvalue weighted by Gasteiger charge is -2.02. The highest BCUT2D eigenvalue weighted by Gasteiger charge is 2.18. The average molecular weight is 316 g/mol. The van der Waals surface area contributed by atoms with E-state index < -0.39 is 0 Å². The van der Waals surface area contributed by atoms with Crippen LogP contribution in [-0.4, -0.2) is 20.1 Å². The number of aromatic nitrogens is 3. The van der Waals surface area contributed by atoms with E-state index >= 15 is 0 Å². The first-order valence-electron chi connectivity index (χ1n) is 7.21. The van der Waals surface area contributed by atoms with Crippen LogP contribution in [0.25, 0.3) is 28.1 Å². The van der Waals surface area contributed by atoms with Gasteiger partial charge in [-0.2, -0.15) is 5.26 Å². The maximum Gasteiger partial charge on any atom is 0.236 e. The third kappa shape index (κ3) is 2.33. The number of nitriles is 1. The van der Waals surface area contributed by atoms with Crippen LogP contribution in [0, 0.1) is 11.3 Å². The number of benzene rings is 1. The number of imidazole rings is 2. The Bertz CT molecular complexity index is 1030. The maximum absolute atomic E-state index is 8.99. The molecule has 0 aliphatic heterocycles. The molecule has 4 rings (SSSR count). The van der Waals surface area contributed by atoms with Crippen LogP contribution in [-0.2, 0) is 0 Å². The van der Waals surface area contributed by atoms with Crippen LogP contribution < -0.4 is 0 Å². The second kappa shape index (κ2) is 5.75. The summed E-state index contributed by atoms with van der Waals surface area (Å²) < 4.78 is 2.04. The monoisotopic (exact) mass is 316 g/mol. The zero-order valence-electron chi connectivity index (χ0n) is 12.2. The van der Waals surface area contributed by atoms with Crippen molar-refractivity contribution in [3.05, 3.63) is 60.7 Å². The third-order valence-electron chi connectivity index (χ3n) is 3.59. The molecule has 0 N–H and O–H groups in total. The molecule has 2 aromatic heterocycles. The molecule has 23 heavy (non-hydrogen) atoms. The summed E-state index contributed by atoms with van der Waals surface area (Å²) in [7, 11) is 0. The van der Waals surface area contributed by atoms with E-state index in [1.165, 1.54) is 11.8 Å². The molecule has 0 fully saturated rings. The van der Waals surface area contributed by atoms with Crippen LogP contribution in [0.15, 0.2) is 65.7 Å². The molecule has 0 amide bonds. The van der Waals surface area contributed by atoms with Crippen molar-refractivity contribution in [2.45, 2.75) is 5.03 Å². The zero-order valence-corrected chi connectivity index (χ0v) is 13.0. The highest BCUT2D eigenvalue weighted by Crippen LogP contribution is 2.34. The minimum atomic E-state index is 0.374. The van der Waals surface area contributed by atoms with Crippen molar-refractivity contribution in [3.63, 3.8) is 0 Å². The molecule has 0 spiro atoms. The van der Waals surface area contributed by atoms with E-state index in [1.807, 2.05) is 65.1 Å². The SMILES string of the molecule is N#CCSc1c(-c2ccccc2)nc2nc3cccccc3n12. The smallest absolute Gasteiger partial charge is 0.236 e. The molecule has 0 unspecified atom stereocenters. The average Bonchev–Trinajstić information content (AvgIpc) is 3.01. The van der Waals surface area contributed by atoms with Gasteiger partial charge in [-0.25, -0.2) is 9.97 Å². The van der Waals surface area contributed by atoms with Crippen molar-refractivity contribution in [2.75, 3.05) is 5.75 Å². The Morgan fingerprint density at radius 2 is 1.70 bits per heavy atom. The van der Waals surface area contributed by atoms with E-state index in [4.69, 9.17) is 10.2 Å². The Balaban J connectivity index is 2.05. The highest BCUT2D eigenvalue weighted by atomic mass is 32.2. The molecule has 0 aliphatic carbocycles. The fourth-order valence-corrected chi connectivity index (χ4v) is 3.43. The predicted molar refractivity (Wildman–Crippen MR) is 92.3 cm³/mol. The number of fused-ring (bicyclic) bond motifs is 3. The van der Waals surface area contributed by atoms with E-state index in [9.17, 15) is 0 Å². The molecular weight excluding hydrogens is 304 g/mol. The number of nitrogens with zero attached hydrogens (tertiary/aromatic N) is 4. The highest BCUT2D eigenvalue weighted by molar-refractivity contribution is 7.99. The van der Waals surface area contributed by atoms with Gasteiger partial charge in [0.15, 0.2) is 0 Å². The van der Waals surface area contributed by atoms with Crippen molar-refractivity contribution in [2.24, 2.45) is 0 Å². The molecular formula is C18H12N4S. The Morgan fingerprint density at radius 1 is 0.957 bits per heavy atom. The lowest BCUT2D eigenvalue weighted by Crippen LogP contribution is -1.86. The molecule has 4 aromatic rings. The van der Waals surface area contributed by atoms with E-state index in [0.29, 0.717) is 11.5 Å². The van der Waals surface area contributed by atoms with Crippen LogP contribution in [0.4, 0.5) is 0 Å². The topological polar surface area (TPSA) is 54.0 Å². The molecule has 0 saturated carbocycles. The van der Waals surface area contributed by atoms with Crippen molar-refractivity contribution in [1.29, 1.82) is 5.26 Å². The van der Waals surface area contributed by atoms with Crippen LogP contribution >= 0.6 is 11.8 Å². The summed E-state index contributed by atoms with van der Waals surface area (Å²) >= 11 is 1.49. The Hall–Kier alpha value is -2.84. The summed E-state index contributed by atoms with van der Waals surface area (Å²) in [5, 5.41) is 9.95. The Kier molecular flexibility index (Phi) is 3.45. The quantitative estimate of drug-likeness (QED) is 0.532. The van der Waals surface area contributed by atoms with Gasteiger partial charge in [-0.15, -0.1) is 0 Å². The second-order valence-electron chi connectivity index (χ2n) is 5.01. The summed E-state index contributed by atoms with van der Waals surface area (Å²) in [6, 6.07) is 22.2. The fraction of sp³-hybridized carbons (Fsp3) is 0.0556. The van der Waals surface area contributed by atoms with Gasteiger partial charge in [-0.1, -0.05) is 60.3 Å². The Labute approximate surface area is 137 Å². The van der Waals surface area contributed by atoms with Crippen LogP contribution in [0.2, 0.25) is 0 Å². The minimum Gasteiger partial charge on any atom is -0.269 e. The molecule has 4 nitrogen and oxygen atoms in total. The largest absolute Gasteiger partial charge is 0.269 e. The molecule has 0 atom stereocenters. The molecule has 2 heterocycles. The number of thioether (sulfide) groups is 1. The van der Waals surface area contributed by atoms with Crippen LogP contribution in [0.3, 0.4) is 0 Å².